The van der Waals surface area contributed by atoms with Crippen molar-refractivity contribution in [1.82, 2.24) is 0 Å². The first-order valence-corrected chi connectivity index (χ1v) is 0.724. The van der Waals surface area contributed by atoms with Gasteiger partial charge < -0.3 is 0 Å². The van der Waals surface area contributed by atoms with Crippen LogP contribution in [-0.2, 0) is 65.4 Å². The molecule has 0 spiro atoms. The molecule has 0 unspecified atom stereocenters. The van der Waals surface area contributed by atoms with Crippen LogP contribution in [0, 0.1) is 11.3 Å². The molecule has 2 radical (unpaired) electrons. The molecule has 3 heteroatoms. The van der Waals surface area contributed by atoms with Crippen molar-refractivity contribution in [2.24, 2.45) is 0 Å². The van der Waals surface area contributed by atoms with Crippen molar-refractivity contribution >= 4 is 0 Å². The molecule has 0 aliphatic heterocycles. The Morgan fingerprint density at radius 3 is 1.40 bits per heavy atom. The predicted molar refractivity (Wildman–Crippen MR) is 11.3 cm³/mol. The minimum Gasteiger partial charge on any atom is -0.199 e. The fraction of sp³-hybridized carbons (Fsp3) is 0.500. The quantitative estimate of drug-likeness (QED) is 0.582. The Labute approximate surface area is 82.3 Å². The van der Waals surface area contributed by atoms with E-state index in [1.807, 2.05) is 0 Å². The van der Waals surface area contributed by atoms with Gasteiger partial charge in [0.2, 0.25) is 0 Å². The summed E-state index contributed by atoms with van der Waals surface area (Å²) in [6.07, 6.45) is 0. The van der Waals surface area contributed by atoms with Crippen LogP contribution in [0.15, 0.2) is 0 Å². The molecular formula is C2H3NY2. The molecule has 0 aliphatic rings. The Hall–Kier alpha value is 1.70. The molecule has 22 valence electrons. The fourth-order valence-corrected chi connectivity index (χ4v) is 0. The zero-order valence-electron chi connectivity index (χ0n) is 3.10. The van der Waals surface area contributed by atoms with E-state index in [1.54, 1.807) is 6.07 Å². The van der Waals surface area contributed by atoms with Gasteiger partial charge in [0.05, 0.1) is 6.07 Å². The number of rotatable bonds is 0. The molecule has 0 bridgehead atoms. The van der Waals surface area contributed by atoms with E-state index in [2.05, 4.69) is 0 Å². The third-order valence-electron chi connectivity index (χ3n) is 0. The van der Waals surface area contributed by atoms with Gasteiger partial charge in [0.25, 0.3) is 0 Å². The standard InChI is InChI=1S/C2H3N.2Y/c1-2-3;;/h1H3;;. The van der Waals surface area contributed by atoms with E-state index in [0.29, 0.717) is 0 Å². The number of nitrogens with zero attached hydrogens (tertiary/aromatic N) is 1. The third-order valence-corrected chi connectivity index (χ3v) is 0. The van der Waals surface area contributed by atoms with Crippen LogP contribution in [0.3, 0.4) is 0 Å². The summed E-state index contributed by atoms with van der Waals surface area (Å²) in [4.78, 5) is 0. The monoisotopic (exact) mass is 219 g/mol. The van der Waals surface area contributed by atoms with Crippen molar-refractivity contribution in [3.8, 4) is 6.07 Å². The van der Waals surface area contributed by atoms with Gasteiger partial charge in [0, 0.05) is 72.3 Å². The molecule has 0 rings (SSSR count). The van der Waals surface area contributed by atoms with E-state index < -0.39 is 0 Å². The normalized spacial score (nSPS) is 1.60. The van der Waals surface area contributed by atoms with Crippen LogP contribution in [0.5, 0.6) is 0 Å². The van der Waals surface area contributed by atoms with Crippen LogP contribution < -0.4 is 0 Å². The average Bonchev–Trinajstić information content (AvgIpc) is 0.918. The minimum absolute atomic E-state index is 0. The van der Waals surface area contributed by atoms with Crippen LogP contribution in [0.4, 0.5) is 0 Å². The van der Waals surface area contributed by atoms with E-state index in [4.69, 9.17) is 5.26 Å². The molecule has 0 aliphatic carbocycles. The molecule has 5 heavy (non-hydrogen) atoms. The van der Waals surface area contributed by atoms with Crippen molar-refractivity contribution in [3.05, 3.63) is 0 Å². The molecule has 0 N–H and O–H groups in total. The summed E-state index contributed by atoms with van der Waals surface area (Å²) < 4.78 is 0. The Balaban J connectivity index is -0.0000000200. The van der Waals surface area contributed by atoms with Gasteiger partial charge in [0.1, 0.15) is 0 Å². The first-order chi connectivity index (χ1) is 1.41. The predicted octanol–water partition coefficient (Wildman–Crippen LogP) is 0.525. The number of nitriles is 1. The summed E-state index contributed by atoms with van der Waals surface area (Å²) in [6.45, 7) is 1.43. The zero-order valence-corrected chi connectivity index (χ0v) is 8.78. The molecule has 0 aromatic heterocycles. The largest absolute Gasteiger partial charge is 0.199 e. The maximum Gasteiger partial charge on any atom is 0.0587 e. The van der Waals surface area contributed by atoms with E-state index >= 15 is 0 Å². The van der Waals surface area contributed by atoms with Gasteiger partial charge in [-0.25, -0.2) is 0 Å². The summed E-state index contributed by atoms with van der Waals surface area (Å²) in [5.41, 5.74) is 0. The van der Waals surface area contributed by atoms with Gasteiger partial charge in [-0.1, -0.05) is 0 Å². The Morgan fingerprint density at radius 2 is 1.40 bits per heavy atom. The molecule has 0 amide bonds. The van der Waals surface area contributed by atoms with Crippen LogP contribution >= 0.6 is 0 Å². The van der Waals surface area contributed by atoms with Crippen LogP contribution in [-0.4, -0.2) is 0 Å². The number of hydrogen-bond acceptors (Lipinski definition) is 1. The molecule has 1 nitrogen and oxygen atoms in total. The molecule has 0 atom stereocenters. The van der Waals surface area contributed by atoms with Gasteiger partial charge in [-0.05, 0) is 0 Å². The number of hydrogen-bond donors (Lipinski definition) is 0. The Morgan fingerprint density at radius 1 is 1.40 bits per heavy atom. The maximum absolute atomic E-state index is 7.32. The van der Waals surface area contributed by atoms with Gasteiger partial charge in [-0.3, -0.25) is 0 Å². The molecule has 0 aromatic carbocycles. The molecule has 0 saturated carbocycles. The minimum atomic E-state index is 0. The van der Waals surface area contributed by atoms with Crippen LogP contribution in [0.25, 0.3) is 0 Å². The fourth-order valence-electron chi connectivity index (χ4n) is 0. The molecule has 0 aromatic rings. The Bertz CT molecular complexity index is 29.1. The summed E-state index contributed by atoms with van der Waals surface area (Å²) >= 11 is 0. The van der Waals surface area contributed by atoms with Gasteiger partial charge >= 0.3 is 0 Å². The van der Waals surface area contributed by atoms with Gasteiger partial charge in [-0.15, -0.1) is 0 Å². The second kappa shape index (κ2) is 17.3. The second-order valence-corrected chi connectivity index (χ2v) is 0.224. The average molecular weight is 219 g/mol. The van der Waals surface area contributed by atoms with Crippen molar-refractivity contribution in [1.29, 1.82) is 5.26 Å². The van der Waals surface area contributed by atoms with Crippen molar-refractivity contribution < 1.29 is 65.4 Å². The van der Waals surface area contributed by atoms with Gasteiger partial charge in [-0.2, -0.15) is 5.26 Å². The van der Waals surface area contributed by atoms with Gasteiger partial charge in [0.15, 0.2) is 0 Å². The molecular weight excluding hydrogens is 216 g/mol. The maximum atomic E-state index is 7.32. The van der Waals surface area contributed by atoms with Crippen molar-refractivity contribution in [2.75, 3.05) is 0 Å². The third kappa shape index (κ3) is 27.0. The summed E-state index contributed by atoms with van der Waals surface area (Å²) in [5.74, 6) is 0. The molecule has 0 heterocycles. The van der Waals surface area contributed by atoms with Crippen LogP contribution in [0.1, 0.15) is 6.92 Å². The van der Waals surface area contributed by atoms with E-state index in [1.165, 1.54) is 6.92 Å². The van der Waals surface area contributed by atoms with Crippen molar-refractivity contribution in [2.45, 2.75) is 6.92 Å². The summed E-state index contributed by atoms with van der Waals surface area (Å²) in [7, 11) is 0. The summed E-state index contributed by atoms with van der Waals surface area (Å²) in [5, 5.41) is 7.32. The van der Waals surface area contributed by atoms with E-state index in [0.717, 1.165) is 0 Å². The summed E-state index contributed by atoms with van der Waals surface area (Å²) in [6, 6.07) is 1.75. The first-order valence-electron chi connectivity index (χ1n) is 0.724. The van der Waals surface area contributed by atoms with Crippen molar-refractivity contribution in [3.63, 3.8) is 0 Å². The molecule has 0 fully saturated rings. The molecule has 0 saturated heterocycles. The van der Waals surface area contributed by atoms with E-state index in [-0.39, 0.29) is 65.4 Å². The smallest absolute Gasteiger partial charge is 0.0587 e. The van der Waals surface area contributed by atoms with E-state index in [9.17, 15) is 0 Å². The second-order valence-electron chi connectivity index (χ2n) is 0.224. The topological polar surface area (TPSA) is 23.8 Å². The first kappa shape index (κ1) is 15.9. The van der Waals surface area contributed by atoms with Crippen LogP contribution in [0.2, 0.25) is 0 Å². The Kier molecular flexibility index (Phi) is 54.9. The SMILES string of the molecule is CC#N.[Y].[Y]. The zero-order chi connectivity index (χ0) is 2.71.